The lowest BCUT2D eigenvalue weighted by atomic mass is 10.2. The molecule has 3 rings (SSSR count). The summed E-state index contributed by atoms with van der Waals surface area (Å²) in [6, 6.07) is 3.74. The summed E-state index contributed by atoms with van der Waals surface area (Å²) in [7, 11) is 0. The number of carbonyl (C=O) groups excluding carboxylic acids is 1. The summed E-state index contributed by atoms with van der Waals surface area (Å²) in [4.78, 5) is 22.9. The molecule has 1 atom stereocenters. The molecule has 0 unspecified atom stereocenters. The van der Waals surface area contributed by atoms with Gasteiger partial charge in [0.1, 0.15) is 6.10 Å². The molecule has 3 heterocycles. The van der Waals surface area contributed by atoms with Crippen LogP contribution in [0.2, 0.25) is 0 Å². The number of carbonyl (C=O) groups is 1. The Morgan fingerprint density at radius 3 is 3.13 bits per heavy atom. The molecule has 23 heavy (non-hydrogen) atoms. The van der Waals surface area contributed by atoms with Crippen LogP contribution in [0.5, 0.6) is 0 Å². The Kier molecular flexibility index (Phi) is 4.97. The number of hydrogen-bond acceptors (Lipinski definition) is 5. The van der Waals surface area contributed by atoms with Crippen molar-refractivity contribution in [3.8, 4) is 0 Å². The molecule has 122 valence electrons. The van der Waals surface area contributed by atoms with E-state index in [-0.39, 0.29) is 12.0 Å². The van der Waals surface area contributed by atoms with Crippen molar-refractivity contribution >= 4 is 5.91 Å². The van der Waals surface area contributed by atoms with Gasteiger partial charge in [-0.15, -0.1) is 0 Å². The molecule has 7 nitrogen and oxygen atoms in total. The van der Waals surface area contributed by atoms with Gasteiger partial charge in [-0.25, -0.2) is 9.97 Å². The van der Waals surface area contributed by atoms with Gasteiger partial charge in [0.15, 0.2) is 5.82 Å². The van der Waals surface area contributed by atoms with E-state index in [4.69, 9.17) is 4.74 Å². The highest BCUT2D eigenvalue weighted by Gasteiger charge is 2.26. The maximum Gasteiger partial charge on any atom is 0.222 e. The maximum absolute atomic E-state index is 12.4. The molecule has 0 spiro atoms. The Bertz CT molecular complexity index is 644. The lowest BCUT2D eigenvalue weighted by Gasteiger charge is -2.32. The summed E-state index contributed by atoms with van der Waals surface area (Å²) in [6.07, 6.45) is 6.44. The smallest absolute Gasteiger partial charge is 0.222 e. The van der Waals surface area contributed by atoms with Gasteiger partial charge in [0.25, 0.3) is 0 Å². The summed E-state index contributed by atoms with van der Waals surface area (Å²) in [5.74, 6) is 0.803. The lowest BCUT2D eigenvalue weighted by Crippen LogP contribution is -2.42. The minimum absolute atomic E-state index is 0.151. The highest BCUT2D eigenvalue weighted by molar-refractivity contribution is 5.76. The summed E-state index contributed by atoms with van der Waals surface area (Å²) in [5, 5.41) is 4.14. The maximum atomic E-state index is 12.4. The average Bonchev–Trinajstić information content (AvgIpc) is 3.08. The first-order chi connectivity index (χ1) is 11.2. The van der Waals surface area contributed by atoms with Crippen LogP contribution >= 0.6 is 0 Å². The van der Waals surface area contributed by atoms with E-state index in [1.807, 2.05) is 34.8 Å². The van der Waals surface area contributed by atoms with Crippen molar-refractivity contribution in [1.82, 2.24) is 24.6 Å². The van der Waals surface area contributed by atoms with E-state index < -0.39 is 0 Å². The molecule has 0 radical (unpaired) electrons. The van der Waals surface area contributed by atoms with Crippen molar-refractivity contribution in [2.45, 2.75) is 32.4 Å². The summed E-state index contributed by atoms with van der Waals surface area (Å²) in [5.41, 5.74) is 0.904. The third kappa shape index (κ3) is 4.13. The molecule has 1 saturated heterocycles. The van der Waals surface area contributed by atoms with Gasteiger partial charge in [0, 0.05) is 43.8 Å². The van der Waals surface area contributed by atoms with E-state index in [1.165, 1.54) is 0 Å². The van der Waals surface area contributed by atoms with Crippen LogP contribution in [-0.2, 0) is 16.1 Å². The highest BCUT2D eigenvalue weighted by Crippen LogP contribution is 2.19. The fraction of sp³-hybridized carbons (Fsp3) is 0.500. The van der Waals surface area contributed by atoms with Crippen molar-refractivity contribution in [1.29, 1.82) is 0 Å². The largest absolute Gasteiger partial charge is 0.367 e. The minimum atomic E-state index is -0.237. The summed E-state index contributed by atoms with van der Waals surface area (Å²) >= 11 is 0. The third-order valence-corrected chi connectivity index (χ3v) is 3.86. The number of morpholine rings is 1. The molecule has 1 fully saturated rings. The molecule has 1 amide bonds. The predicted molar refractivity (Wildman–Crippen MR) is 83.5 cm³/mol. The van der Waals surface area contributed by atoms with E-state index in [0.717, 1.165) is 18.7 Å². The first kappa shape index (κ1) is 15.6. The van der Waals surface area contributed by atoms with Crippen molar-refractivity contribution in [3.05, 3.63) is 42.2 Å². The Morgan fingerprint density at radius 2 is 2.35 bits per heavy atom. The zero-order valence-corrected chi connectivity index (χ0v) is 13.3. The molecule has 7 heteroatoms. The van der Waals surface area contributed by atoms with Gasteiger partial charge in [0.2, 0.25) is 5.91 Å². The second kappa shape index (κ2) is 7.32. The zero-order chi connectivity index (χ0) is 16.1. The van der Waals surface area contributed by atoms with Crippen LogP contribution in [-0.4, -0.2) is 50.3 Å². The number of aryl methyl sites for hydroxylation is 2. The number of rotatable bonds is 5. The standard InChI is InChI=1S/C16H21N5O2/c1-13-5-7-17-16(19-13)14-12-20(10-11-23-14)15(22)4-2-8-21-9-3-6-18-21/h3,5-7,9,14H,2,4,8,10-12H2,1H3/t14-/m1/s1. The van der Waals surface area contributed by atoms with Crippen LogP contribution in [0.4, 0.5) is 0 Å². The molecular weight excluding hydrogens is 294 g/mol. The van der Waals surface area contributed by atoms with E-state index in [9.17, 15) is 4.79 Å². The van der Waals surface area contributed by atoms with Gasteiger partial charge in [0.05, 0.1) is 13.2 Å². The Hall–Kier alpha value is -2.28. The molecule has 0 N–H and O–H groups in total. The zero-order valence-electron chi connectivity index (χ0n) is 13.3. The average molecular weight is 315 g/mol. The second-order valence-electron chi connectivity index (χ2n) is 5.63. The van der Waals surface area contributed by atoms with Crippen LogP contribution in [0.3, 0.4) is 0 Å². The normalized spacial score (nSPS) is 18.1. The molecule has 2 aromatic rings. The summed E-state index contributed by atoms with van der Waals surface area (Å²) in [6.45, 7) is 4.35. The van der Waals surface area contributed by atoms with Crippen LogP contribution in [0.1, 0.15) is 30.5 Å². The Labute approximate surface area is 135 Å². The first-order valence-corrected chi connectivity index (χ1v) is 7.89. The van der Waals surface area contributed by atoms with Gasteiger partial charge in [-0.1, -0.05) is 0 Å². The fourth-order valence-corrected chi connectivity index (χ4v) is 2.64. The molecule has 0 aliphatic carbocycles. The topological polar surface area (TPSA) is 73.1 Å². The quantitative estimate of drug-likeness (QED) is 0.833. The van der Waals surface area contributed by atoms with E-state index in [1.54, 1.807) is 12.4 Å². The lowest BCUT2D eigenvalue weighted by molar-refractivity contribution is -0.139. The van der Waals surface area contributed by atoms with E-state index in [0.29, 0.717) is 31.9 Å². The fourth-order valence-electron chi connectivity index (χ4n) is 2.64. The van der Waals surface area contributed by atoms with Gasteiger partial charge in [-0.05, 0) is 25.5 Å². The van der Waals surface area contributed by atoms with Crippen LogP contribution in [0.25, 0.3) is 0 Å². The minimum Gasteiger partial charge on any atom is -0.367 e. The first-order valence-electron chi connectivity index (χ1n) is 7.89. The molecule has 0 saturated carbocycles. The van der Waals surface area contributed by atoms with Crippen molar-refractivity contribution in [2.24, 2.45) is 0 Å². The highest BCUT2D eigenvalue weighted by atomic mass is 16.5. The van der Waals surface area contributed by atoms with Crippen LogP contribution in [0, 0.1) is 6.92 Å². The van der Waals surface area contributed by atoms with Crippen molar-refractivity contribution < 1.29 is 9.53 Å². The Morgan fingerprint density at radius 1 is 1.43 bits per heavy atom. The van der Waals surface area contributed by atoms with Gasteiger partial charge >= 0.3 is 0 Å². The Balaban J connectivity index is 1.52. The van der Waals surface area contributed by atoms with E-state index in [2.05, 4.69) is 15.1 Å². The van der Waals surface area contributed by atoms with Gasteiger partial charge in [-0.2, -0.15) is 5.10 Å². The summed E-state index contributed by atoms with van der Waals surface area (Å²) < 4.78 is 7.57. The predicted octanol–water partition coefficient (Wildman–Crippen LogP) is 1.36. The number of nitrogens with zero attached hydrogens (tertiary/aromatic N) is 5. The van der Waals surface area contributed by atoms with Crippen LogP contribution < -0.4 is 0 Å². The van der Waals surface area contributed by atoms with E-state index >= 15 is 0 Å². The van der Waals surface area contributed by atoms with Crippen molar-refractivity contribution in [2.75, 3.05) is 19.7 Å². The molecule has 1 aliphatic heterocycles. The SMILES string of the molecule is Cc1ccnc([C@H]2CN(C(=O)CCCn3cccn3)CCO2)n1. The number of aromatic nitrogens is 4. The van der Waals surface area contributed by atoms with Gasteiger partial charge in [-0.3, -0.25) is 9.48 Å². The third-order valence-electron chi connectivity index (χ3n) is 3.86. The van der Waals surface area contributed by atoms with Gasteiger partial charge < -0.3 is 9.64 Å². The molecular formula is C16H21N5O2. The molecule has 0 bridgehead atoms. The molecule has 2 aromatic heterocycles. The second-order valence-corrected chi connectivity index (χ2v) is 5.63. The number of hydrogen-bond donors (Lipinski definition) is 0. The number of amides is 1. The van der Waals surface area contributed by atoms with Crippen molar-refractivity contribution in [3.63, 3.8) is 0 Å². The van der Waals surface area contributed by atoms with Crippen LogP contribution in [0.15, 0.2) is 30.7 Å². The molecule has 0 aromatic carbocycles. The number of ether oxygens (including phenoxy) is 1. The monoisotopic (exact) mass is 315 g/mol. The molecule has 1 aliphatic rings.